The number of nitrogens with two attached hydrogens (primary N) is 2. The SMILES string of the molecule is Nc1ccc(N)c2nsnc12. The molecule has 0 atom stereocenters. The Bertz CT molecular complexity index is 358. The van der Waals surface area contributed by atoms with Crippen molar-refractivity contribution in [2.45, 2.75) is 0 Å². The van der Waals surface area contributed by atoms with Gasteiger partial charge in [-0.25, -0.2) is 0 Å². The Labute approximate surface area is 67.2 Å². The van der Waals surface area contributed by atoms with Gasteiger partial charge in [0.25, 0.3) is 0 Å². The number of hydrogen-bond acceptors (Lipinski definition) is 5. The number of fused-ring (bicyclic) bond motifs is 1. The van der Waals surface area contributed by atoms with Crippen LogP contribution < -0.4 is 11.5 Å². The lowest BCUT2D eigenvalue weighted by molar-refractivity contribution is 1.62. The molecular formula is C6H6N4S. The van der Waals surface area contributed by atoms with Crippen molar-refractivity contribution in [3.8, 4) is 0 Å². The van der Waals surface area contributed by atoms with Crippen LogP contribution in [0.4, 0.5) is 11.4 Å². The highest BCUT2D eigenvalue weighted by Crippen LogP contribution is 2.23. The zero-order valence-electron chi connectivity index (χ0n) is 5.61. The molecule has 0 bridgehead atoms. The minimum Gasteiger partial charge on any atom is -0.397 e. The fraction of sp³-hybridized carbons (Fsp3) is 0. The summed E-state index contributed by atoms with van der Waals surface area (Å²) >= 11 is 1.12. The first-order valence-electron chi connectivity index (χ1n) is 3.05. The highest BCUT2D eigenvalue weighted by molar-refractivity contribution is 7.00. The molecule has 1 heterocycles. The average Bonchev–Trinajstić information content (AvgIpc) is 2.45. The number of aromatic nitrogens is 2. The molecule has 0 unspecified atom stereocenters. The summed E-state index contributed by atoms with van der Waals surface area (Å²) in [5.41, 5.74) is 13.9. The Morgan fingerprint density at radius 1 is 1.00 bits per heavy atom. The molecule has 0 aliphatic rings. The van der Waals surface area contributed by atoms with Crippen LogP contribution >= 0.6 is 11.7 Å². The molecule has 4 nitrogen and oxygen atoms in total. The van der Waals surface area contributed by atoms with Gasteiger partial charge < -0.3 is 11.5 Å². The molecule has 0 aliphatic carbocycles. The summed E-state index contributed by atoms with van der Waals surface area (Å²) in [6, 6.07) is 3.47. The third-order valence-electron chi connectivity index (χ3n) is 1.48. The average molecular weight is 166 g/mol. The molecule has 11 heavy (non-hydrogen) atoms. The van der Waals surface area contributed by atoms with E-state index in [-0.39, 0.29) is 0 Å². The molecule has 2 aromatic rings. The van der Waals surface area contributed by atoms with Gasteiger partial charge in [-0.05, 0) is 12.1 Å². The van der Waals surface area contributed by atoms with Gasteiger partial charge in [0.15, 0.2) is 0 Å². The standard InChI is InChI=1S/C6H6N4S/c7-3-1-2-4(8)6-5(3)9-11-10-6/h1-2H,7-8H2. The van der Waals surface area contributed by atoms with Crippen molar-refractivity contribution in [3.63, 3.8) is 0 Å². The van der Waals surface area contributed by atoms with E-state index in [0.29, 0.717) is 22.4 Å². The molecule has 1 aromatic carbocycles. The van der Waals surface area contributed by atoms with Crippen LogP contribution in [0.25, 0.3) is 11.0 Å². The maximum Gasteiger partial charge on any atom is 0.129 e. The van der Waals surface area contributed by atoms with Crippen molar-refractivity contribution in [1.82, 2.24) is 8.75 Å². The molecule has 1 aromatic heterocycles. The predicted molar refractivity (Wildman–Crippen MR) is 46.2 cm³/mol. The van der Waals surface area contributed by atoms with Gasteiger partial charge in [-0.1, -0.05) is 0 Å². The first-order chi connectivity index (χ1) is 5.29. The normalized spacial score (nSPS) is 10.5. The summed E-state index contributed by atoms with van der Waals surface area (Å²) in [7, 11) is 0. The summed E-state index contributed by atoms with van der Waals surface area (Å²) in [6.07, 6.45) is 0. The van der Waals surface area contributed by atoms with E-state index in [4.69, 9.17) is 11.5 Å². The van der Waals surface area contributed by atoms with Crippen LogP contribution in [-0.2, 0) is 0 Å². The first kappa shape index (κ1) is 6.36. The number of nitrogens with zero attached hydrogens (tertiary/aromatic N) is 2. The highest BCUT2D eigenvalue weighted by Gasteiger charge is 2.04. The molecule has 0 aliphatic heterocycles. The van der Waals surface area contributed by atoms with Crippen LogP contribution in [0.15, 0.2) is 12.1 Å². The Morgan fingerprint density at radius 3 is 1.91 bits per heavy atom. The molecular weight excluding hydrogens is 160 g/mol. The lowest BCUT2D eigenvalue weighted by atomic mass is 10.2. The van der Waals surface area contributed by atoms with E-state index in [1.165, 1.54) is 0 Å². The van der Waals surface area contributed by atoms with Crippen molar-refractivity contribution in [2.75, 3.05) is 11.5 Å². The monoisotopic (exact) mass is 166 g/mol. The van der Waals surface area contributed by atoms with Crippen LogP contribution in [0.5, 0.6) is 0 Å². The molecule has 0 saturated heterocycles. The zero-order valence-corrected chi connectivity index (χ0v) is 6.43. The van der Waals surface area contributed by atoms with Crippen molar-refractivity contribution < 1.29 is 0 Å². The number of benzene rings is 1. The summed E-state index contributed by atoms with van der Waals surface area (Å²) in [4.78, 5) is 0. The van der Waals surface area contributed by atoms with Crippen molar-refractivity contribution >= 4 is 34.1 Å². The largest absolute Gasteiger partial charge is 0.397 e. The van der Waals surface area contributed by atoms with E-state index in [9.17, 15) is 0 Å². The number of nitrogen functional groups attached to an aromatic ring is 2. The van der Waals surface area contributed by atoms with Gasteiger partial charge in [-0.2, -0.15) is 8.75 Å². The Morgan fingerprint density at radius 2 is 1.45 bits per heavy atom. The van der Waals surface area contributed by atoms with E-state index in [0.717, 1.165) is 11.7 Å². The second-order valence-electron chi connectivity index (χ2n) is 2.21. The van der Waals surface area contributed by atoms with Crippen LogP contribution in [0.3, 0.4) is 0 Å². The molecule has 0 saturated carbocycles. The van der Waals surface area contributed by atoms with Crippen LogP contribution in [0, 0.1) is 0 Å². The molecule has 0 spiro atoms. The van der Waals surface area contributed by atoms with Gasteiger partial charge in [0, 0.05) is 0 Å². The van der Waals surface area contributed by atoms with Crippen LogP contribution in [0.2, 0.25) is 0 Å². The van der Waals surface area contributed by atoms with E-state index in [1.54, 1.807) is 12.1 Å². The fourth-order valence-electron chi connectivity index (χ4n) is 0.905. The molecule has 0 radical (unpaired) electrons. The molecule has 0 fully saturated rings. The topological polar surface area (TPSA) is 77.8 Å². The second-order valence-corrected chi connectivity index (χ2v) is 2.73. The van der Waals surface area contributed by atoms with Crippen LogP contribution in [0.1, 0.15) is 0 Å². The predicted octanol–water partition coefficient (Wildman–Crippen LogP) is 0.856. The summed E-state index contributed by atoms with van der Waals surface area (Å²) < 4.78 is 8.01. The molecule has 4 N–H and O–H groups in total. The number of rotatable bonds is 0. The molecule has 56 valence electrons. The molecule has 0 amide bonds. The summed E-state index contributed by atoms with van der Waals surface area (Å²) in [5, 5.41) is 0. The molecule has 2 rings (SSSR count). The van der Waals surface area contributed by atoms with Gasteiger partial charge in [-0.3, -0.25) is 0 Å². The Hall–Kier alpha value is -1.36. The van der Waals surface area contributed by atoms with Gasteiger partial charge in [0.05, 0.1) is 23.1 Å². The smallest absolute Gasteiger partial charge is 0.129 e. The van der Waals surface area contributed by atoms with Crippen molar-refractivity contribution in [1.29, 1.82) is 0 Å². The van der Waals surface area contributed by atoms with Gasteiger partial charge in [-0.15, -0.1) is 0 Å². The first-order valence-corrected chi connectivity index (χ1v) is 3.78. The zero-order chi connectivity index (χ0) is 7.84. The second kappa shape index (κ2) is 2.06. The minimum atomic E-state index is 0.628. The minimum absolute atomic E-state index is 0.628. The summed E-state index contributed by atoms with van der Waals surface area (Å²) in [5.74, 6) is 0. The molecule has 5 heteroatoms. The third-order valence-corrected chi connectivity index (χ3v) is 2.01. The van der Waals surface area contributed by atoms with E-state index in [1.807, 2.05) is 0 Å². The fourth-order valence-corrected chi connectivity index (χ4v) is 1.49. The maximum absolute atomic E-state index is 5.62. The van der Waals surface area contributed by atoms with E-state index < -0.39 is 0 Å². The Balaban J connectivity index is 2.96. The summed E-state index contributed by atoms with van der Waals surface area (Å²) in [6.45, 7) is 0. The van der Waals surface area contributed by atoms with Gasteiger partial charge >= 0.3 is 0 Å². The number of hydrogen-bond donors (Lipinski definition) is 2. The van der Waals surface area contributed by atoms with Crippen molar-refractivity contribution in [3.05, 3.63) is 12.1 Å². The van der Waals surface area contributed by atoms with E-state index >= 15 is 0 Å². The highest BCUT2D eigenvalue weighted by atomic mass is 32.1. The van der Waals surface area contributed by atoms with Gasteiger partial charge in [0.2, 0.25) is 0 Å². The van der Waals surface area contributed by atoms with E-state index in [2.05, 4.69) is 8.75 Å². The lowest BCUT2D eigenvalue weighted by Crippen LogP contribution is -1.90. The van der Waals surface area contributed by atoms with Crippen molar-refractivity contribution in [2.24, 2.45) is 0 Å². The Kier molecular flexibility index (Phi) is 1.19. The maximum atomic E-state index is 5.62. The van der Waals surface area contributed by atoms with Crippen LogP contribution in [-0.4, -0.2) is 8.75 Å². The third kappa shape index (κ3) is 0.813. The quantitative estimate of drug-likeness (QED) is 0.569. The number of anilines is 2. The lowest BCUT2D eigenvalue weighted by Gasteiger charge is -1.95. The van der Waals surface area contributed by atoms with Gasteiger partial charge in [0.1, 0.15) is 11.0 Å².